The first-order valence-electron chi connectivity index (χ1n) is 9.78. The van der Waals surface area contributed by atoms with E-state index in [1.807, 2.05) is 5.32 Å². The monoisotopic (exact) mass is 662 g/mol. The Morgan fingerprint density at radius 1 is 0.625 bits per heavy atom. The summed E-state index contributed by atoms with van der Waals surface area (Å²) >= 11 is -4.22. The number of carbonyl (C=O) groups excluding carboxylic acids is 2. The fraction of sp³-hybridized carbons (Fsp3) is 0. The van der Waals surface area contributed by atoms with Gasteiger partial charge in [-0.1, -0.05) is 0 Å². The third-order valence-electron chi connectivity index (χ3n) is 4.95. The van der Waals surface area contributed by atoms with Crippen LogP contribution in [0.3, 0.4) is 0 Å². The highest BCUT2D eigenvalue weighted by molar-refractivity contribution is 8.00. The third-order valence-corrected chi connectivity index (χ3v) is 8.06. The number of hydrogen-bond donors (Lipinski definition) is 7. The van der Waals surface area contributed by atoms with Crippen LogP contribution < -0.4 is 9.62 Å². The van der Waals surface area contributed by atoms with Gasteiger partial charge in [-0.3, -0.25) is 9.59 Å². The van der Waals surface area contributed by atoms with E-state index in [1.165, 1.54) is 0 Å². The molecule has 40 heavy (non-hydrogen) atoms. The van der Waals surface area contributed by atoms with Crippen molar-refractivity contribution in [3.8, 4) is 34.5 Å². The number of nitrogens with one attached hydrogen (secondary N) is 1. The number of rotatable bonds is 9. The molecule has 0 aliphatic carbocycles. The Labute approximate surface area is 242 Å². The Morgan fingerprint density at radius 3 is 1.43 bits per heavy atom. The average molecular weight is 663 g/mol. The maximum atomic E-state index is 14.3. The number of phenols is 6. The van der Waals surface area contributed by atoms with Crippen LogP contribution in [-0.2, 0) is 0 Å². The first-order valence-corrected chi connectivity index (χ1v) is 13.3. The number of phenolic OH excluding ortho intramolecular Hbond substituents is 6. The van der Waals surface area contributed by atoms with E-state index >= 15 is 0 Å². The molecular formula is C20H11F5N2O8S5. The van der Waals surface area contributed by atoms with Gasteiger partial charge in [0.2, 0.25) is 0 Å². The lowest BCUT2D eigenvalue weighted by molar-refractivity contribution is 0.1000. The van der Waals surface area contributed by atoms with Gasteiger partial charge in [0, 0.05) is 11.1 Å². The van der Waals surface area contributed by atoms with Gasteiger partial charge in [0.15, 0.2) is 46.8 Å². The fourth-order valence-corrected chi connectivity index (χ4v) is 5.87. The summed E-state index contributed by atoms with van der Waals surface area (Å²) in [5.41, 5.74) is -3.43. The minimum Gasteiger partial charge on any atom is -0.504 e. The Kier molecular flexibility index (Phi) is 10.2. The number of amides is 2. The molecule has 7 N–H and O–H groups in total. The van der Waals surface area contributed by atoms with Gasteiger partial charge >= 0.3 is 0 Å². The summed E-state index contributed by atoms with van der Waals surface area (Å²) in [6, 6.07) is 2.38. The van der Waals surface area contributed by atoms with Crippen molar-refractivity contribution in [1.29, 1.82) is 0 Å². The standard InChI is InChI=1S/C20H11F5N2O8S5/c21-36-15-11(26-19(34)5-1-7(28)13(32)8(29)2-5)12(16(37-22)18(39-24)17(15)38-23)27(40-25)20(35)6-3-9(30)14(33)10(31)4-6/h1-4,28-33H,(H,26,34). The molecule has 3 aromatic carbocycles. The van der Waals surface area contributed by atoms with Crippen molar-refractivity contribution in [2.24, 2.45) is 0 Å². The maximum Gasteiger partial charge on any atom is 0.270 e. The Bertz CT molecular complexity index is 1460. The highest BCUT2D eigenvalue weighted by atomic mass is 32.2. The first-order chi connectivity index (χ1) is 18.9. The van der Waals surface area contributed by atoms with Crippen molar-refractivity contribution >= 4 is 84.1 Å². The van der Waals surface area contributed by atoms with E-state index in [-0.39, 0.29) is 4.31 Å². The van der Waals surface area contributed by atoms with Gasteiger partial charge < -0.3 is 36.0 Å². The lowest BCUT2D eigenvalue weighted by atomic mass is 10.1. The zero-order valence-electron chi connectivity index (χ0n) is 18.7. The number of anilines is 2. The summed E-state index contributed by atoms with van der Waals surface area (Å²) in [6.45, 7) is 0. The van der Waals surface area contributed by atoms with Crippen LogP contribution in [0.15, 0.2) is 43.8 Å². The quantitative estimate of drug-likeness (QED) is 0.0695. The second-order valence-electron chi connectivity index (χ2n) is 7.20. The molecule has 3 rings (SSSR count). The fourth-order valence-electron chi connectivity index (χ4n) is 3.18. The van der Waals surface area contributed by atoms with E-state index in [2.05, 4.69) is 0 Å². The molecule has 0 saturated carbocycles. The lowest BCUT2D eigenvalue weighted by Crippen LogP contribution is -2.26. The summed E-state index contributed by atoms with van der Waals surface area (Å²) in [7, 11) is 0. The van der Waals surface area contributed by atoms with Crippen LogP contribution in [0.2, 0.25) is 0 Å². The zero-order valence-corrected chi connectivity index (χ0v) is 22.8. The summed E-state index contributed by atoms with van der Waals surface area (Å²) in [5.74, 6) is -9.03. The SMILES string of the molecule is O=C(Nc1c(SF)c(SF)c(SF)c(SF)c1N(SF)C(=O)c1cc(O)c(O)c(O)c1)c1cc(O)c(O)c(O)c1. The van der Waals surface area contributed by atoms with Crippen molar-refractivity contribution in [1.82, 2.24) is 0 Å². The Hall–Kier alpha value is -3.20. The van der Waals surface area contributed by atoms with Crippen LogP contribution in [0.1, 0.15) is 20.7 Å². The topological polar surface area (TPSA) is 171 Å². The van der Waals surface area contributed by atoms with Crippen LogP contribution in [0, 0.1) is 0 Å². The summed E-state index contributed by atoms with van der Waals surface area (Å²) in [4.78, 5) is 22.3. The summed E-state index contributed by atoms with van der Waals surface area (Å²) < 4.78 is 70.5. The highest BCUT2D eigenvalue weighted by Gasteiger charge is 2.35. The molecule has 0 unspecified atom stereocenters. The minimum absolute atomic E-state index is 0.0549. The molecule has 0 fully saturated rings. The van der Waals surface area contributed by atoms with Gasteiger partial charge in [0.1, 0.15) is 5.69 Å². The molecule has 0 saturated heterocycles. The average Bonchev–Trinajstić information content (AvgIpc) is 2.93. The summed E-state index contributed by atoms with van der Waals surface area (Å²) in [5, 5.41) is 59.9. The van der Waals surface area contributed by atoms with E-state index in [4.69, 9.17) is 0 Å². The molecular weight excluding hydrogens is 652 g/mol. The van der Waals surface area contributed by atoms with Crippen LogP contribution in [-0.4, -0.2) is 42.5 Å². The second kappa shape index (κ2) is 13.0. The third kappa shape index (κ3) is 5.80. The van der Waals surface area contributed by atoms with Gasteiger partial charge in [-0.05, 0) is 24.3 Å². The molecule has 0 radical (unpaired) electrons. The molecule has 0 aliphatic rings. The molecule has 20 heteroatoms. The van der Waals surface area contributed by atoms with E-state index in [9.17, 15) is 59.7 Å². The molecule has 10 nitrogen and oxygen atoms in total. The number of aromatic hydroxyl groups is 6. The highest BCUT2D eigenvalue weighted by Crippen LogP contribution is 2.56. The van der Waals surface area contributed by atoms with Gasteiger partial charge in [0.05, 0.1) is 73.9 Å². The van der Waals surface area contributed by atoms with Crippen molar-refractivity contribution < 1.29 is 59.7 Å². The predicted octanol–water partition coefficient (Wildman–Crippen LogP) is 7.26. The normalized spacial score (nSPS) is 10.9. The van der Waals surface area contributed by atoms with Crippen LogP contribution in [0.4, 0.5) is 30.8 Å². The molecule has 0 bridgehead atoms. The van der Waals surface area contributed by atoms with Crippen molar-refractivity contribution in [3.63, 3.8) is 0 Å². The molecule has 0 spiro atoms. The van der Waals surface area contributed by atoms with Gasteiger partial charge in [-0.15, -0.1) is 3.89 Å². The Balaban J connectivity index is 2.33. The van der Waals surface area contributed by atoms with Crippen molar-refractivity contribution in [3.05, 3.63) is 35.4 Å². The lowest BCUT2D eigenvalue weighted by Gasteiger charge is -2.26. The zero-order chi connectivity index (χ0) is 29.9. The number of benzene rings is 3. The van der Waals surface area contributed by atoms with Gasteiger partial charge in [-0.25, -0.2) is 4.31 Å². The molecule has 0 aliphatic heterocycles. The number of carbonyl (C=O) groups is 2. The Morgan fingerprint density at radius 2 is 1.02 bits per heavy atom. The van der Waals surface area contributed by atoms with E-state index in [0.717, 1.165) is 0 Å². The summed E-state index contributed by atoms with van der Waals surface area (Å²) in [6.07, 6.45) is 0. The number of nitrogens with zero attached hydrogens (tertiary/aromatic N) is 1. The molecule has 0 aromatic heterocycles. The van der Waals surface area contributed by atoms with Gasteiger partial charge in [0.25, 0.3) is 11.8 Å². The minimum atomic E-state index is -1.53. The van der Waals surface area contributed by atoms with E-state index in [1.54, 1.807) is 0 Å². The van der Waals surface area contributed by atoms with Gasteiger partial charge in [-0.2, -0.15) is 15.5 Å². The first kappa shape index (κ1) is 31.3. The van der Waals surface area contributed by atoms with Crippen molar-refractivity contribution in [2.75, 3.05) is 9.62 Å². The molecule has 0 heterocycles. The maximum absolute atomic E-state index is 14.3. The van der Waals surface area contributed by atoms with Crippen LogP contribution in [0.25, 0.3) is 0 Å². The van der Waals surface area contributed by atoms with Crippen LogP contribution >= 0.6 is 60.9 Å². The molecule has 214 valence electrons. The molecule has 0 atom stereocenters. The molecule has 3 aromatic rings. The smallest absolute Gasteiger partial charge is 0.270 e. The molecule has 2 amide bonds. The van der Waals surface area contributed by atoms with E-state index in [0.29, 0.717) is 24.3 Å². The predicted molar refractivity (Wildman–Crippen MR) is 141 cm³/mol. The second-order valence-corrected chi connectivity index (χ2v) is 9.95. The number of hydrogen-bond acceptors (Lipinski definition) is 13. The largest absolute Gasteiger partial charge is 0.504 e. The number of halogens is 5. The van der Waals surface area contributed by atoms with E-state index < -0.39 is 149 Å². The van der Waals surface area contributed by atoms with Crippen molar-refractivity contribution in [2.45, 2.75) is 19.6 Å². The van der Waals surface area contributed by atoms with Crippen LogP contribution in [0.5, 0.6) is 34.5 Å².